The van der Waals surface area contributed by atoms with Crippen molar-refractivity contribution in [1.29, 1.82) is 0 Å². The Bertz CT molecular complexity index is 184. The molecule has 0 radical (unpaired) electrons. The molecule has 2 heterocycles. The number of aliphatic hydroxyl groups is 1. The van der Waals surface area contributed by atoms with Crippen molar-refractivity contribution in [2.45, 2.75) is 30.8 Å². The summed E-state index contributed by atoms with van der Waals surface area (Å²) in [6.07, 6.45) is -0.101. The molecule has 2 saturated heterocycles. The van der Waals surface area contributed by atoms with E-state index in [1.165, 1.54) is 0 Å². The molecule has 70 valence electrons. The van der Waals surface area contributed by atoms with E-state index in [0.717, 1.165) is 0 Å². The third-order valence-electron chi connectivity index (χ3n) is 2.74. The van der Waals surface area contributed by atoms with Crippen LogP contribution in [0.2, 0.25) is 0 Å². The van der Waals surface area contributed by atoms with Crippen LogP contribution in [0.4, 0.5) is 0 Å². The van der Waals surface area contributed by atoms with Crippen LogP contribution in [0.3, 0.4) is 0 Å². The molecule has 4 atom stereocenters. The SMILES string of the molecule is COC1[C@@H]2OC[C@]1(CO)O[C@H]2C. The van der Waals surface area contributed by atoms with Crippen LogP contribution < -0.4 is 0 Å². The van der Waals surface area contributed by atoms with Gasteiger partial charge in [0.05, 0.1) is 19.3 Å². The van der Waals surface area contributed by atoms with Crippen LogP contribution in [0.15, 0.2) is 0 Å². The molecule has 0 aromatic carbocycles. The topological polar surface area (TPSA) is 47.9 Å². The molecule has 4 nitrogen and oxygen atoms in total. The Hall–Kier alpha value is -0.160. The first kappa shape index (κ1) is 8.44. The van der Waals surface area contributed by atoms with Crippen LogP contribution in [0, 0.1) is 0 Å². The van der Waals surface area contributed by atoms with Gasteiger partial charge in [-0.3, -0.25) is 0 Å². The van der Waals surface area contributed by atoms with E-state index in [1.54, 1.807) is 7.11 Å². The smallest absolute Gasteiger partial charge is 0.143 e. The zero-order chi connectivity index (χ0) is 8.77. The molecule has 2 bridgehead atoms. The third-order valence-corrected chi connectivity index (χ3v) is 2.74. The summed E-state index contributed by atoms with van der Waals surface area (Å²) in [5.74, 6) is 0. The molecule has 1 N–H and O–H groups in total. The lowest BCUT2D eigenvalue weighted by atomic mass is 10.00. The van der Waals surface area contributed by atoms with Crippen molar-refractivity contribution in [1.82, 2.24) is 0 Å². The first-order valence-electron chi connectivity index (χ1n) is 4.16. The number of rotatable bonds is 2. The van der Waals surface area contributed by atoms with E-state index in [2.05, 4.69) is 0 Å². The lowest BCUT2D eigenvalue weighted by molar-refractivity contribution is -0.156. The Morgan fingerprint density at radius 3 is 2.83 bits per heavy atom. The van der Waals surface area contributed by atoms with E-state index >= 15 is 0 Å². The van der Waals surface area contributed by atoms with Crippen LogP contribution in [-0.2, 0) is 14.2 Å². The predicted molar refractivity (Wildman–Crippen MR) is 40.9 cm³/mol. The van der Waals surface area contributed by atoms with Gasteiger partial charge in [-0.2, -0.15) is 0 Å². The normalized spacial score (nSPS) is 51.8. The zero-order valence-electron chi connectivity index (χ0n) is 7.32. The summed E-state index contributed by atoms with van der Waals surface area (Å²) in [6, 6.07) is 0. The van der Waals surface area contributed by atoms with Crippen LogP contribution in [0.25, 0.3) is 0 Å². The van der Waals surface area contributed by atoms with Crippen molar-refractivity contribution < 1.29 is 19.3 Å². The highest BCUT2D eigenvalue weighted by Gasteiger charge is 2.60. The van der Waals surface area contributed by atoms with E-state index in [9.17, 15) is 5.11 Å². The van der Waals surface area contributed by atoms with Gasteiger partial charge in [0.1, 0.15) is 17.8 Å². The van der Waals surface area contributed by atoms with Gasteiger partial charge in [-0.25, -0.2) is 0 Å². The summed E-state index contributed by atoms with van der Waals surface area (Å²) in [4.78, 5) is 0. The third kappa shape index (κ3) is 0.864. The molecule has 0 aromatic rings. The van der Waals surface area contributed by atoms with Crippen molar-refractivity contribution in [3.63, 3.8) is 0 Å². The van der Waals surface area contributed by atoms with E-state index < -0.39 is 5.60 Å². The van der Waals surface area contributed by atoms with Crippen molar-refractivity contribution >= 4 is 0 Å². The zero-order valence-corrected chi connectivity index (χ0v) is 7.32. The fourth-order valence-corrected chi connectivity index (χ4v) is 2.15. The maximum atomic E-state index is 9.18. The second-order valence-corrected chi connectivity index (χ2v) is 3.48. The number of hydrogen-bond acceptors (Lipinski definition) is 4. The Kier molecular flexibility index (Phi) is 1.88. The van der Waals surface area contributed by atoms with Crippen molar-refractivity contribution in [2.75, 3.05) is 20.3 Å². The van der Waals surface area contributed by atoms with Gasteiger partial charge in [0.15, 0.2) is 0 Å². The highest BCUT2D eigenvalue weighted by Crippen LogP contribution is 2.40. The molecule has 0 amide bonds. The first-order chi connectivity index (χ1) is 5.73. The number of fused-ring (bicyclic) bond motifs is 2. The Balaban J connectivity index is 2.23. The monoisotopic (exact) mass is 174 g/mol. The largest absolute Gasteiger partial charge is 0.393 e. The summed E-state index contributed by atoms with van der Waals surface area (Å²) in [6.45, 7) is 2.34. The van der Waals surface area contributed by atoms with Gasteiger partial charge in [0, 0.05) is 7.11 Å². The molecule has 2 aliphatic rings. The summed E-state index contributed by atoms with van der Waals surface area (Å²) in [7, 11) is 1.62. The van der Waals surface area contributed by atoms with Crippen molar-refractivity contribution in [3.8, 4) is 0 Å². The number of ether oxygens (including phenoxy) is 3. The minimum atomic E-state index is -0.598. The van der Waals surface area contributed by atoms with Crippen molar-refractivity contribution in [3.05, 3.63) is 0 Å². The van der Waals surface area contributed by atoms with Crippen LogP contribution in [-0.4, -0.2) is 49.3 Å². The Morgan fingerprint density at radius 2 is 2.42 bits per heavy atom. The quantitative estimate of drug-likeness (QED) is 0.616. The maximum Gasteiger partial charge on any atom is 0.143 e. The second kappa shape index (κ2) is 2.67. The van der Waals surface area contributed by atoms with Gasteiger partial charge in [-0.1, -0.05) is 0 Å². The van der Waals surface area contributed by atoms with Crippen molar-refractivity contribution in [2.24, 2.45) is 0 Å². The number of methoxy groups -OCH3 is 1. The Labute approximate surface area is 71.4 Å². The summed E-state index contributed by atoms with van der Waals surface area (Å²) >= 11 is 0. The van der Waals surface area contributed by atoms with Crippen LogP contribution >= 0.6 is 0 Å². The standard InChI is InChI=1S/C8H14O4/c1-5-6-7(10-2)8(3-9,12-5)4-11-6/h5-7,9H,3-4H2,1-2H3/t5-,6+,7?,8-/m0/s1. The lowest BCUT2D eigenvalue weighted by Crippen LogP contribution is -2.45. The molecular formula is C8H14O4. The number of aliphatic hydroxyl groups excluding tert-OH is 1. The molecule has 0 aliphatic carbocycles. The Morgan fingerprint density at radius 1 is 1.67 bits per heavy atom. The van der Waals surface area contributed by atoms with E-state index in [0.29, 0.717) is 6.61 Å². The van der Waals surface area contributed by atoms with Gasteiger partial charge >= 0.3 is 0 Å². The van der Waals surface area contributed by atoms with Gasteiger partial charge in [-0.05, 0) is 6.92 Å². The molecule has 4 heteroatoms. The van der Waals surface area contributed by atoms with Gasteiger partial charge in [-0.15, -0.1) is 0 Å². The minimum absolute atomic E-state index is 0.0119. The highest BCUT2D eigenvalue weighted by molar-refractivity contribution is 5.07. The summed E-state index contributed by atoms with van der Waals surface area (Å²) < 4.78 is 16.3. The first-order valence-corrected chi connectivity index (χ1v) is 4.16. The molecular weight excluding hydrogens is 160 g/mol. The fourth-order valence-electron chi connectivity index (χ4n) is 2.15. The minimum Gasteiger partial charge on any atom is -0.393 e. The van der Waals surface area contributed by atoms with E-state index in [4.69, 9.17) is 14.2 Å². The lowest BCUT2D eigenvalue weighted by Gasteiger charge is -2.27. The average Bonchev–Trinajstić information content (AvgIpc) is 2.56. The molecule has 0 saturated carbocycles. The van der Waals surface area contributed by atoms with Crippen LogP contribution in [0.1, 0.15) is 6.92 Å². The number of hydrogen-bond donors (Lipinski definition) is 1. The second-order valence-electron chi connectivity index (χ2n) is 3.48. The van der Waals surface area contributed by atoms with Crippen LogP contribution in [0.5, 0.6) is 0 Å². The molecule has 0 spiro atoms. The molecule has 0 aromatic heterocycles. The molecule has 12 heavy (non-hydrogen) atoms. The summed E-state index contributed by atoms with van der Waals surface area (Å²) in [5, 5.41) is 9.18. The molecule has 1 unspecified atom stereocenters. The average molecular weight is 174 g/mol. The predicted octanol–water partition coefficient (Wildman–Crippen LogP) is -0.450. The molecule has 2 rings (SSSR count). The van der Waals surface area contributed by atoms with Gasteiger partial charge < -0.3 is 19.3 Å². The van der Waals surface area contributed by atoms with E-state index in [-0.39, 0.29) is 24.9 Å². The summed E-state index contributed by atoms with van der Waals surface area (Å²) in [5.41, 5.74) is -0.598. The maximum absolute atomic E-state index is 9.18. The highest BCUT2D eigenvalue weighted by atomic mass is 16.7. The van der Waals surface area contributed by atoms with E-state index in [1.807, 2.05) is 6.92 Å². The molecule has 2 fully saturated rings. The fraction of sp³-hybridized carbons (Fsp3) is 1.00. The molecule has 2 aliphatic heterocycles. The van der Waals surface area contributed by atoms with Gasteiger partial charge in [0.25, 0.3) is 0 Å². The van der Waals surface area contributed by atoms with Gasteiger partial charge in [0.2, 0.25) is 0 Å².